The van der Waals surface area contributed by atoms with E-state index in [1.807, 2.05) is 0 Å². The molecule has 1 fully saturated rings. The number of hydrogen-bond donors (Lipinski definition) is 1. The van der Waals surface area contributed by atoms with Crippen LogP contribution in [0, 0.1) is 0 Å². The van der Waals surface area contributed by atoms with E-state index in [9.17, 15) is 0 Å². The zero-order valence-corrected chi connectivity index (χ0v) is 12.1. The fourth-order valence-electron chi connectivity index (χ4n) is 3.65. The lowest BCUT2D eigenvalue weighted by Crippen LogP contribution is -2.53. The highest BCUT2D eigenvalue weighted by Gasteiger charge is 2.29. The quantitative estimate of drug-likeness (QED) is 0.877. The van der Waals surface area contributed by atoms with Gasteiger partial charge in [-0.3, -0.25) is 4.90 Å². The van der Waals surface area contributed by atoms with E-state index in [0.717, 1.165) is 6.54 Å². The Morgan fingerprint density at radius 3 is 2.79 bits per heavy atom. The van der Waals surface area contributed by atoms with Crippen LogP contribution in [0.2, 0.25) is 0 Å². The minimum absolute atomic E-state index is 0.331. The van der Waals surface area contributed by atoms with Crippen molar-refractivity contribution in [3.05, 3.63) is 35.4 Å². The molecule has 3 rings (SSSR count). The molecule has 2 heterocycles. The monoisotopic (exact) mass is 258 g/mol. The van der Waals surface area contributed by atoms with Gasteiger partial charge < -0.3 is 5.32 Å². The summed E-state index contributed by atoms with van der Waals surface area (Å²) in [5, 5.41) is 3.75. The Balaban J connectivity index is 1.69. The average Bonchev–Trinajstić information content (AvgIpc) is 2.60. The summed E-state index contributed by atoms with van der Waals surface area (Å²) in [4.78, 5) is 2.66. The largest absolute Gasteiger partial charge is 0.310 e. The molecule has 0 aromatic heterocycles. The maximum absolute atomic E-state index is 3.75. The molecule has 2 aliphatic heterocycles. The highest BCUT2D eigenvalue weighted by Crippen LogP contribution is 2.24. The average molecular weight is 258 g/mol. The van der Waals surface area contributed by atoms with Gasteiger partial charge in [0.15, 0.2) is 0 Å². The molecule has 104 valence electrons. The topological polar surface area (TPSA) is 15.3 Å². The second-order valence-electron chi connectivity index (χ2n) is 6.53. The lowest BCUT2D eigenvalue weighted by Gasteiger charge is -2.39. The summed E-state index contributed by atoms with van der Waals surface area (Å²) in [6.45, 7) is 7.17. The van der Waals surface area contributed by atoms with Gasteiger partial charge in [-0.25, -0.2) is 0 Å². The van der Waals surface area contributed by atoms with Crippen LogP contribution in [0.1, 0.15) is 43.7 Å². The third-order valence-electron chi connectivity index (χ3n) is 4.71. The molecule has 19 heavy (non-hydrogen) atoms. The first kappa shape index (κ1) is 13.1. The molecule has 0 aliphatic carbocycles. The molecule has 1 N–H and O–H groups in total. The van der Waals surface area contributed by atoms with Gasteiger partial charge >= 0.3 is 0 Å². The molecule has 1 aromatic carbocycles. The van der Waals surface area contributed by atoms with Crippen molar-refractivity contribution in [1.29, 1.82) is 0 Å². The van der Waals surface area contributed by atoms with Crippen molar-refractivity contribution in [2.24, 2.45) is 0 Å². The Hall–Kier alpha value is -0.860. The Morgan fingerprint density at radius 1 is 1.16 bits per heavy atom. The first-order valence-corrected chi connectivity index (χ1v) is 7.79. The number of nitrogens with zero attached hydrogens (tertiary/aromatic N) is 1. The van der Waals surface area contributed by atoms with Gasteiger partial charge in [-0.2, -0.15) is 0 Å². The molecule has 0 radical (unpaired) electrons. The Kier molecular flexibility index (Phi) is 3.90. The van der Waals surface area contributed by atoms with E-state index >= 15 is 0 Å². The van der Waals surface area contributed by atoms with Crippen molar-refractivity contribution in [3.8, 4) is 0 Å². The number of hydrogen-bond acceptors (Lipinski definition) is 2. The Bertz CT molecular complexity index is 421. The van der Waals surface area contributed by atoms with E-state index in [2.05, 4.69) is 41.4 Å². The maximum Gasteiger partial charge on any atom is 0.0280 e. The number of nitrogens with one attached hydrogen (secondary N) is 1. The van der Waals surface area contributed by atoms with Gasteiger partial charge in [0.1, 0.15) is 0 Å². The SMILES string of the molecule is CC1(CN2CCCc3ccccc3C2)CCCCN1. The van der Waals surface area contributed by atoms with Gasteiger partial charge in [0, 0.05) is 18.6 Å². The van der Waals surface area contributed by atoms with E-state index in [-0.39, 0.29) is 0 Å². The van der Waals surface area contributed by atoms with E-state index in [4.69, 9.17) is 0 Å². The zero-order valence-electron chi connectivity index (χ0n) is 12.1. The summed E-state index contributed by atoms with van der Waals surface area (Å²) in [7, 11) is 0. The number of aryl methyl sites for hydroxylation is 1. The van der Waals surface area contributed by atoms with Crippen molar-refractivity contribution >= 4 is 0 Å². The molecule has 0 amide bonds. The van der Waals surface area contributed by atoms with Crippen molar-refractivity contribution in [2.75, 3.05) is 19.6 Å². The van der Waals surface area contributed by atoms with E-state index in [1.165, 1.54) is 51.7 Å². The predicted octanol–water partition coefficient (Wildman–Crippen LogP) is 2.97. The van der Waals surface area contributed by atoms with Gasteiger partial charge in [-0.05, 0) is 56.8 Å². The van der Waals surface area contributed by atoms with E-state index in [1.54, 1.807) is 11.1 Å². The second kappa shape index (κ2) is 5.64. The van der Waals surface area contributed by atoms with Crippen LogP contribution in [-0.2, 0) is 13.0 Å². The van der Waals surface area contributed by atoms with Crippen molar-refractivity contribution in [3.63, 3.8) is 0 Å². The summed E-state index contributed by atoms with van der Waals surface area (Å²) in [5.41, 5.74) is 3.43. The van der Waals surface area contributed by atoms with Crippen LogP contribution in [-0.4, -0.2) is 30.1 Å². The van der Waals surface area contributed by atoms with Crippen LogP contribution in [0.4, 0.5) is 0 Å². The third-order valence-corrected chi connectivity index (χ3v) is 4.71. The van der Waals surface area contributed by atoms with Gasteiger partial charge in [0.05, 0.1) is 0 Å². The summed E-state index contributed by atoms with van der Waals surface area (Å²) < 4.78 is 0. The number of piperidine rings is 1. The molecule has 1 unspecified atom stereocenters. The molecule has 1 aromatic rings. The van der Waals surface area contributed by atoms with Crippen LogP contribution in [0.15, 0.2) is 24.3 Å². The van der Waals surface area contributed by atoms with Crippen molar-refractivity contribution < 1.29 is 0 Å². The van der Waals surface area contributed by atoms with Crippen LogP contribution < -0.4 is 5.32 Å². The minimum atomic E-state index is 0.331. The first-order valence-electron chi connectivity index (χ1n) is 7.79. The van der Waals surface area contributed by atoms with Crippen LogP contribution in [0.25, 0.3) is 0 Å². The van der Waals surface area contributed by atoms with Gasteiger partial charge in [0.2, 0.25) is 0 Å². The van der Waals surface area contributed by atoms with Crippen molar-refractivity contribution in [1.82, 2.24) is 10.2 Å². The summed E-state index contributed by atoms with van der Waals surface area (Å²) in [6.07, 6.45) is 6.60. The molecular formula is C17H26N2. The summed E-state index contributed by atoms with van der Waals surface area (Å²) in [6, 6.07) is 8.98. The summed E-state index contributed by atoms with van der Waals surface area (Å²) in [5.74, 6) is 0. The molecule has 2 heteroatoms. The molecule has 2 aliphatic rings. The number of fused-ring (bicyclic) bond motifs is 1. The lowest BCUT2D eigenvalue weighted by atomic mass is 9.90. The summed E-state index contributed by atoms with van der Waals surface area (Å²) >= 11 is 0. The lowest BCUT2D eigenvalue weighted by molar-refractivity contribution is 0.159. The number of rotatable bonds is 2. The fraction of sp³-hybridized carbons (Fsp3) is 0.647. The second-order valence-corrected chi connectivity index (χ2v) is 6.53. The van der Waals surface area contributed by atoms with Gasteiger partial charge in [-0.1, -0.05) is 30.7 Å². The molecule has 0 spiro atoms. The first-order chi connectivity index (χ1) is 9.25. The Labute approximate surface area is 117 Å². The van der Waals surface area contributed by atoms with E-state index in [0.29, 0.717) is 5.54 Å². The maximum atomic E-state index is 3.75. The smallest absolute Gasteiger partial charge is 0.0280 e. The van der Waals surface area contributed by atoms with E-state index < -0.39 is 0 Å². The van der Waals surface area contributed by atoms with Crippen LogP contribution in [0.5, 0.6) is 0 Å². The standard InChI is InChI=1S/C17H26N2/c1-17(10-4-5-11-18-17)14-19-12-6-9-15-7-2-3-8-16(15)13-19/h2-3,7-8,18H,4-6,9-14H2,1H3. The normalized spacial score (nSPS) is 28.7. The van der Waals surface area contributed by atoms with Crippen LogP contribution >= 0.6 is 0 Å². The zero-order chi connectivity index (χ0) is 13.1. The van der Waals surface area contributed by atoms with Gasteiger partial charge in [-0.15, -0.1) is 0 Å². The number of benzene rings is 1. The Morgan fingerprint density at radius 2 is 2.00 bits per heavy atom. The minimum Gasteiger partial charge on any atom is -0.310 e. The fourth-order valence-corrected chi connectivity index (χ4v) is 3.65. The highest BCUT2D eigenvalue weighted by atomic mass is 15.2. The molecule has 2 nitrogen and oxygen atoms in total. The third kappa shape index (κ3) is 3.18. The van der Waals surface area contributed by atoms with Crippen LogP contribution in [0.3, 0.4) is 0 Å². The highest BCUT2D eigenvalue weighted by molar-refractivity contribution is 5.28. The predicted molar refractivity (Wildman–Crippen MR) is 80.3 cm³/mol. The van der Waals surface area contributed by atoms with Gasteiger partial charge in [0.25, 0.3) is 0 Å². The molecule has 0 bridgehead atoms. The molecule has 1 saturated heterocycles. The molecule has 0 saturated carbocycles. The van der Waals surface area contributed by atoms with Crippen molar-refractivity contribution in [2.45, 2.75) is 51.1 Å². The molecule has 1 atom stereocenters. The molecular weight excluding hydrogens is 232 g/mol.